The summed E-state index contributed by atoms with van der Waals surface area (Å²) in [6, 6.07) is 8.03. The number of carbonyl (C=O) groups excluding carboxylic acids is 1. The van der Waals surface area contributed by atoms with E-state index in [0.717, 1.165) is 29.3 Å². The molecule has 2 rings (SSSR count). The molecule has 0 aliphatic heterocycles. The Labute approximate surface area is 200 Å². The van der Waals surface area contributed by atoms with Crippen LogP contribution in [-0.4, -0.2) is 45.7 Å². The molecule has 32 heavy (non-hydrogen) atoms. The number of ether oxygens (including phenoxy) is 1. The molecule has 0 heterocycles. The number of unbranched alkanes of at least 4 members (excludes halogenated alkanes) is 1. The first kappa shape index (κ1) is 26.8. The summed E-state index contributed by atoms with van der Waals surface area (Å²) in [6.07, 6.45) is 10.1. The standard InChI is InChI=1S/C26H37BrO5/c1-18(2)32-26(31)11-6-4-3-5-10-22-23(25(30)17-24(22)29)15-14-21(28)13-12-19-8-7-9-20(27)16-19/h3,5,7-9,14-16,18,21-25,28-30H,4,6,10-13,17H2,1-2H3/b5-3-,15-14+/t21?,22-,23-,24+,25-/m1/s1. The molecule has 1 aromatic carbocycles. The topological polar surface area (TPSA) is 87.0 Å². The van der Waals surface area contributed by atoms with Crippen molar-refractivity contribution in [1.29, 1.82) is 0 Å². The molecule has 3 N–H and O–H groups in total. The number of esters is 1. The molecule has 0 spiro atoms. The average Bonchev–Trinajstić information content (AvgIpc) is 2.99. The van der Waals surface area contributed by atoms with E-state index in [1.807, 2.05) is 56.3 Å². The summed E-state index contributed by atoms with van der Waals surface area (Å²) in [5, 5.41) is 31.1. The molecule has 5 nitrogen and oxygen atoms in total. The normalized spacial score (nSPS) is 24.6. The third-order valence-corrected chi connectivity index (χ3v) is 6.28. The first-order valence-electron chi connectivity index (χ1n) is 11.6. The quantitative estimate of drug-likeness (QED) is 0.216. The SMILES string of the molecule is CC(C)OC(=O)CCC/C=C\C[C@@H]1[C@@H](/C=C/C(O)CCc2cccc(Br)c2)[C@H](O)C[C@@H]1O. The molecule has 1 aliphatic carbocycles. The molecule has 0 saturated heterocycles. The van der Waals surface area contributed by atoms with E-state index in [-0.39, 0.29) is 23.9 Å². The Morgan fingerprint density at radius 1 is 1.25 bits per heavy atom. The zero-order valence-corrected chi connectivity index (χ0v) is 20.7. The van der Waals surface area contributed by atoms with Gasteiger partial charge in [-0.2, -0.15) is 0 Å². The van der Waals surface area contributed by atoms with E-state index in [0.29, 0.717) is 25.7 Å². The van der Waals surface area contributed by atoms with Gasteiger partial charge in [-0.15, -0.1) is 0 Å². The molecule has 6 heteroatoms. The van der Waals surface area contributed by atoms with Crippen LogP contribution in [0.25, 0.3) is 0 Å². The minimum Gasteiger partial charge on any atom is -0.463 e. The van der Waals surface area contributed by atoms with Crippen LogP contribution in [0.15, 0.2) is 53.0 Å². The second kappa shape index (κ2) is 13.9. The number of hydrogen-bond donors (Lipinski definition) is 3. The van der Waals surface area contributed by atoms with Crippen molar-refractivity contribution in [2.45, 2.75) is 83.2 Å². The fourth-order valence-electron chi connectivity index (χ4n) is 4.12. The zero-order chi connectivity index (χ0) is 23.5. The number of aliphatic hydroxyl groups is 3. The molecule has 1 fully saturated rings. The molecular formula is C26H37BrO5. The van der Waals surface area contributed by atoms with E-state index >= 15 is 0 Å². The second-order valence-corrected chi connectivity index (χ2v) is 9.79. The van der Waals surface area contributed by atoms with Crippen LogP contribution in [0.4, 0.5) is 0 Å². The van der Waals surface area contributed by atoms with E-state index in [4.69, 9.17) is 4.74 Å². The van der Waals surface area contributed by atoms with E-state index in [2.05, 4.69) is 15.9 Å². The number of rotatable bonds is 12. The van der Waals surface area contributed by atoms with E-state index in [1.165, 1.54) is 0 Å². The highest BCUT2D eigenvalue weighted by atomic mass is 79.9. The molecule has 178 valence electrons. The van der Waals surface area contributed by atoms with E-state index < -0.39 is 18.3 Å². The number of benzene rings is 1. The smallest absolute Gasteiger partial charge is 0.306 e. The summed E-state index contributed by atoms with van der Waals surface area (Å²) in [5.41, 5.74) is 1.16. The minimum atomic E-state index is -0.609. The molecule has 0 amide bonds. The fourth-order valence-corrected chi connectivity index (χ4v) is 4.57. The van der Waals surface area contributed by atoms with Crippen molar-refractivity contribution in [3.63, 3.8) is 0 Å². The van der Waals surface area contributed by atoms with Crippen molar-refractivity contribution in [3.05, 3.63) is 58.6 Å². The Morgan fingerprint density at radius 2 is 2.03 bits per heavy atom. The van der Waals surface area contributed by atoms with Crippen LogP contribution in [0.1, 0.15) is 57.9 Å². The van der Waals surface area contributed by atoms with Crippen LogP contribution in [0, 0.1) is 11.8 Å². The second-order valence-electron chi connectivity index (χ2n) is 8.87. The zero-order valence-electron chi connectivity index (χ0n) is 19.1. The first-order valence-corrected chi connectivity index (χ1v) is 12.4. The van der Waals surface area contributed by atoms with Gasteiger partial charge in [0.05, 0.1) is 24.4 Å². The minimum absolute atomic E-state index is 0.0827. The molecule has 0 bridgehead atoms. The van der Waals surface area contributed by atoms with Gasteiger partial charge in [-0.05, 0) is 69.6 Å². The maximum Gasteiger partial charge on any atom is 0.306 e. The maximum absolute atomic E-state index is 11.5. The van der Waals surface area contributed by atoms with Gasteiger partial charge in [0, 0.05) is 23.2 Å². The van der Waals surface area contributed by atoms with E-state index in [9.17, 15) is 20.1 Å². The molecular weight excluding hydrogens is 472 g/mol. The summed E-state index contributed by atoms with van der Waals surface area (Å²) >= 11 is 3.46. The summed E-state index contributed by atoms with van der Waals surface area (Å²) < 4.78 is 6.14. The van der Waals surface area contributed by atoms with Crippen LogP contribution < -0.4 is 0 Å². The Bertz CT molecular complexity index is 760. The van der Waals surface area contributed by atoms with Crippen LogP contribution in [0.2, 0.25) is 0 Å². The van der Waals surface area contributed by atoms with Crippen LogP contribution >= 0.6 is 15.9 Å². The third-order valence-electron chi connectivity index (χ3n) is 5.78. The largest absolute Gasteiger partial charge is 0.463 e. The molecule has 1 saturated carbocycles. The molecule has 0 radical (unpaired) electrons. The Hall–Kier alpha value is -1.47. The van der Waals surface area contributed by atoms with Gasteiger partial charge in [0.25, 0.3) is 0 Å². The summed E-state index contributed by atoms with van der Waals surface area (Å²) in [6.45, 7) is 3.68. The molecule has 5 atom stereocenters. The molecule has 1 aromatic rings. The van der Waals surface area contributed by atoms with Crippen molar-refractivity contribution in [1.82, 2.24) is 0 Å². The van der Waals surface area contributed by atoms with Crippen molar-refractivity contribution in [2.24, 2.45) is 11.8 Å². The van der Waals surface area contributed by atoms with Crippen LogP contribution in [-0.2, 0) is 16.0 Å². The molecule has 1 unspecified atom stereocenters. The van der Waals surface area contributed by atoms with Gasteiger partial charge in [-0.1, -0.05) is 52.4 Å². The Kier molecular flexibility index (Phi) is 11.7. The lowest BCUT2D eigenvalue weighted by molar-refractivity contribution is -0.147. The lowest BCUT2D eigenvalue weighted by Gasteiger charge is -2.19. The van der Waals surface area contributed by atoms with Crippen LogP contribution in [0.5, 0.6) is 0 Å². The van der Waals surface area contributed by atoms with Gasteiger partial charge in [0.15, 0.2) is 0 Å². The maximum atomic E-state index is 11.5. The summed E-state index contributed by atoms with van der Waals surface area (Å²) in [5.74, 6) is -0.441. The summed E-state index contributed by atoms with van der Waals surface area (Å²) in [4.78, 5) is 11.5. The Morgan fingerprint density at radius 3 is 2.75 bits per heavy atom. The van der Waals surface area contributed by atoms with Gasteiger partial charge in [-0.3, -0.25) is 4.79 Å². The highest BCUT2D eigenvalue weighted by Gasteiger charge is 2.39. The number of allylic oxidation sites excluding steroid dienone is 2. The van der Waals surface area contributed by atoms with Gasteiger partial charge < -0.3 is 20.1 Å². The first-order chi connectivity index (χ1) is 15.3. The van der Waals surface area contributed by atoms with Crippen molar-refractivity contribution >= 4 is 21.9 Å². The lowest BCUT2D eigenvalue weighted by Crippen LogP contribution is -2.20. The highest BCUT2D eigenvalue weighted by molar-refractivity contribution is 9.10. The fraction of sp³-hybridized carbons (Fsp3) is 0.577. The predicted molar refractivity (Wildman–Crippen MR) is 130 cm³/mol. The average molecular weight is 509 g/mol. The summed E-state index contributed by atoms with van der Waals surface area (Å²) in [7, 11) is 0. The number of aryl methyl sites for hydroxylation is 1. The predicted octanol–water partition coefficient (Wildman–Crippen LogP) is 4.72. The Balaban J connectivity index is 1.78. The third kappa shape index (κ3) is 9.57. The van der Waals surface area contributed by atoms with Crippen LogP contribution in [0.3, 0.4) is 0 Å². The van der Waals surface area contributed by atoms with Gasteiger partial charge in [-0.25, -0.2) is 0 Å². The van der Waals surface area contributed by atoms with Gasteiger partial charge in [0.1, 0.15) is 0 Å². The van der Waals surface area contributed by atoms with Gasteiger partial charge in [0.2, 0.25) is 0 Å². The number of halogens is 1. The molecule has 0 aromatic heterocycles. The number of carbonyl (C=O) groups is 1. The van der Waals surface area contributed by atoms with Gasteiger partial charge >= 0.3 is 5.97 Å². The molecule has 1 aliphatic rings. The number of aliphatic hydroxyl groups excluding tert-OH is 3. The van der Waals surface area contributed by atoms with Crippen molar-refractivity contribution in [3.8, 4) is 0 Å². The van der Waals surface area contributed by atoms with Crippen molar-refractivity contribution in [2.75, 3.05) is 0 Å². The lowest BCUT2D eigenvalue weighted by atomic mass is 9.89. The van der Waals surface area contributed by atoms with E-state index in [1.54, 1.807) is 6.08 Å². The number of hydrogen-bond acceptors (Lipinski definition) is 5. The van der Waals surface area contributed by atoms with Crippen molar-refractivity contribution < 1.29 is 24.9 Å². The monoisotopic (exact) mass is 508 g/mol. The highest BCUT2D eigenvalue weighted by Crippen LogP contribution is 2.36.